The van der Waals surface area contributed by atoms with Gasteiger partial charge in [0.05, 0.1) is 24.8 Å². The molecular weight excluding hydrogens is 239 g/mol. The summed E-state index contributed by atoms with van der Waals surface area (Å²) < 4.78 is 18.7. The van der Waals surface area contributed by atoms with E-state index in [0.717, 1.165) is 0 Å². The lowest BCUT2D eigenvalue weighted by atomic mass is 10.0. The summed E-state index contributed by atoms with van der Waals surface area (Å²) in [7, 11) is 0. The molecule has 1 amide bonds. The van der Waals surface area contributed by atoms with Gasteiger partial charge in [-0.25, -0.2) is 4.39 Å². The summed E-state index contributed by atoms with van der Waals surface area (Å²) >= 11 is 0. The van der Waals surface area contributed by atoms with Gasteiger partial charge in [-0.15, -0.1) is 0 Å². The summed E-state index contributed by atoms with van der Waals surface area (Å²) in [5, 5.41) is 2.50. The van der Waals surface area contributed by atoms with E-state index >= 15 is 0 Å². The standard InChI is InChI=1S/C12H13FN2O3/c13-8-3-1-2-7-11(17)9(15-10(16)6-14)4-5-18-12(7)8/h1-3,9H,4-6,14H2,(H,15,16). The summed E-state index contributed by atoms with van der Waals surface area (Å²) in [6, 6.07) is 3.42. The van der Waals surface area contributed by atoms with Gasteiger partial charge in [-0.1, -0.05) is 6.07 Å². The van der Waals surface area contributed by atoms with Crippen LogP contribution in [0.4, 0.5) is 4.39 Å². The third-order valence-electron chi connectivity index (χ3n) is 2.72. The molecule has 1 aliphatic heterocycles. The van der Waals surface area contributed by atoms with Gasteiger partial charge < -0.3 is 15.8 Å². The summed E-state index contributed by atoms with van der Waals surface area (Å²) in [6.45, 7) is -0.0319. The summed E-state index contributed by atoms with van der Waals surface area (Å²) in [5.74, 6) is -1.41. The van der Waals surface area contributed by atoms with Crippen LogP contribution in [0.2, 0.25) is 0 Å². The predicted octanol–water partition coefficient (Wildman–Crippen LogP) is 0.234. The average Bonchev–Trinajstić information content (AvgIpc) is 2.52. The fourth-order valence-corrected chi connectivity index (χ4v) is 1.84. The van der Waals surface area contributed by atoms with Gasteiger partial charge in [0, 0.05) is 6.42 Å². The maximum absolute atomic E-state index is 13.5. The van der Waals surface area contributed by atoms with E-state index in [-0.39, 0.29) is 30.2 Å². The second-order valence-corrected chi connectivity index (χ2v) is 3.94. The van der Waals surface area contributed by atoms with Gasteiger partial charge in [0.15, 0.2) is 17.3 Å². The third kappa shape index (κ3) is 2.33. The Hall–Kier alpha value is -1.95. The zero-order chi connectivity index (χ0) is 13.1. The lowest BCUT2D eigenvalue weighted by Gasteiger charge is -2.13. The fourth-order valence-electron chi connectivity index (χ4n) is 1.84. The summed E-state index contributed by atoms with van der Waals surface area (Å²) in [6.07, 6.45) is 0.290. The van der Waals surface area contributed by atoms with Gasteiger partial charge in [-0.2, -0.15) is 0 Å². The van der Waals surface area contributed by atoms with Crippen LogP contribution in [-0.4, -0.2) is 30.9 Å². The van der Waals surface area contributed by atoms with Crippen LogP contribution in [-0.2, 0) is 4.79 Å². The molecule has 0 spiro atoms. The van der Waals surface area contributed by atoms with Crippen LogP contribution in [0, 0.1) is 5.82 Å². The number of carbonyl (C=O) groups is 2. The molecule has 0 aromatic heterocycles. The Bertz CT molecular complexity index is 490. The van der Waals surface area contributed by atoms with Crippen molar-refractivity contribution in [1.82, 2.24) is 5.32 Å². The quantitative estimate of drug-likeness (QED) is 0.789. The van der Waals surface area contributed by atoms with Gasteiger partial charge in [-0.05, 0) is 12.1 Å². The molecule has 2 rings (SSSR count). The minimum absolute atomic E-state index is 0.0491. The molecule has 5 nitrogen and oxygen atoms in total. The Labute approximate surface area is 103 Å². The smallest absolute Gasteiger partial charge is 0.234 e. The minimum atomic E-state index is -0.718. The van der Waals surface area contributed by atoms with Crippen molar-refractivity contribution in [3.8, 4) is 5.75 Å². The Kier molecular flexibility index (Phi) is 3.57. The van der Waals surface area contributed by atoms with Crippen molar-refractivity contribution in [2.45, 2.75) is 12.5 Å². The lowest BCUT2D eigenvalue weighted by molar-refractivity contribution is -0.120. The molecule has 96 valence electrons. The van der Waals surface area contributed by atoms with Gasteiger partial charge in [-0.3, -0.25) is 9.59 Å². The first-order chi connectivity index (χ1) is 8.63. The molecule has 0 radical (unpaired) electrons. The Morgan fingerprint density at radius 3 is 3.06 bits per heavy atom. The predicted molar refractivity (Wildman–Crippen MR) is 61.8 cm³/mol. The Balaban J connectivity index is 2.29. The topological polar surface area (TPSA) is 81.4 Å². The van der Waals surface area contributed by atoms with E-state index in [1.165, 1.54) is 18.2 Å². The first kappa shape index (κ1) is 12.5. The fraction of sp³-hybridized carbons (Fsp3) is 0.333. The Morgan fingerprint density at radius 2 is 2.33 bits per heavy atom. The monoisotopic (exact) mass is 252 g/mol. The molecule has 1 heterocycles. The van der Waals surface area contributed by atoms with E-state index in [1.54, 1.807) is 0 Å². The van der Waals surface area contributed by atoms with E-state index in [4.69, 9.17) is 10.5 Å². The molecule has 1 aliphatic rings. The van der Waals surface area contributed by atoms with Crippen molar-refractivity contribution in [2.24, 2.45) is 5.73 Å². The van der Waals surface area contributed by atoms with Gasteiger partial charge >= 0.3 is 0 Å². The van der Waals surface area contributed by atoms with E-state index in [1.807, 2.05) is 0 Å². The molecule has 1 unspecified atom stereocenters. The van der Waals surface area contributed by atoms with E-state index in [2.05, 4.69) is 5.32 Å². The number of nitrogens with one attached hydrogen (secondary N) is 1. The van der Waals surface area contributed by atoms with Crippen molar-refractivity contribution in [3.63, 3.8) is 0 Å². The van der Waals surface area contributed by atoms with E-state index in [9.17, 15) is 14.0 Å². The first-order valence-corrected chi connectivity index (χ1v) is 5.58. The van der Waals surface area contributed by atoms with Gasteiger partial charge in [0.25, 0.3) is 0 Å². The van der Waals surface area contributed by atoms with Crippen LogP contribution in [0.25, 0.3) is 0 Å². The minimum Gasteiger partial charge on any atom is -0.490 e. The number of fused-ring (bicyclic) bond motifs is 1. The van der Waals surface area contributed by atoms with Gasteiger partial charge in [0.1, 0.15) is 0 Å². The van der Waals surface area contributed by atoms with Crippen LogP contribution < -0.4 is 15.8 Å². The highest BCUT2D eigenvalue weighted by molar-refractivity contribution is 6.04. The SMILES string of the molecule is NCC(=O)NC1CCOc2c(F)cccc2C1=O. The highest BCUT2D eigenvalue weighted by Gasteiger charge is 2.28. The maximum atomic E-state index is 13.5. The van der Waals surface area contributed by atoms with Crippen molar-refractivity contribution >= 4 is 11.7 Å². The van der Waals surface area contributed by atoms with Crippen molar-refractivity contribution < 1.29 is 18.7 Å². The number of hydrogen-bond donors (Lipinski definition) is 2. The number of rotatable bonds is 2. The maximum Gasteiger partial charge on any atom is 0.234 e. The first-order valence-electron chi connectivity index (χ1n) is 5.58. The number of ketones is 1. The second-order valence-electron chi connectivity index (χ2n) is 3.94. The zero-order valence-electron chi connectivity index (χ0n) is 9.61. The van der Waals surface area contributed by atoms with Crippen LogP contribution >= 0.6 is 0 Å². The number of Topliss-reactive ketones (excluding diaryl/α,β-unsaturated/α-hetero) is 1. The van der Waals surface area contributed by atoms with Crippen molar-refractivity contribution in [3.05, 3.63) is 29.6 Å². The van der Waals surface area contributed by atoms with Crippen molar-refractivity contribution in [1.29, 1.82) is 0 Å². The normalized spacial score (nSPS) is 18.6. The third-order valence-corrected chi connectivity index (χ3v) is 2.72. The molecule has 1 atom stereocenters. The molecular formula is C12H13FN2O3. The summed E-state index contributed by atoms with van der Waals surface area (Å²) in [4.78, 5) is 23.4. The highest BCUT2D eigenvalue weighted by Crippen LogP contribution is 2.27. The molecule has 3 N–H and O–H groups in total. The molecule has 0 fully saturated rings. The number of para-hydroxylation sites is 1. The number of amides is 1. The molecule has 1 aromatic rings. The van der Waals surface area contributed by atoms with Crippen LogP contribution in [0.3, 0.4) is 0 Å². The van der Waals surface area contributed by atoms with Crippen LogP contribution in [0.15, 0.2) is 18.2 Å². The molecule has 0 aliphatic carbocycles. The van der Waals surface area contributed by atoms with Crippen molar-refractivity contribution in [2.75, 3.05) is 13.2 Å². The van der Waals surface area contributed by atoms with Gasteiger partial charge in [0.2, 0.25) is 5.91 Å². The number of hydrogen-bond acceptors (Lipinski definition) is 4. The molecule has 0 bridgehead atoms. The molecule has 1 aromatic carbocycles. The molecule has 0 saturated heterocycles. The van der Waals surface area contributed by atoms with Crippen LogP contribution in [0.5, 0.6) is 5.75 Å². The Morgan fingerprint density at radius 1 is 1.56 bits per heavy atom. The number of ether oxygens (including phenoxy) is 1. The van der Waals surface area contributed by atoms with Crippen LogP contribution in [0.1, 0.15) is 16.8 Å². The number of halogens is 1. The largest absolute Gasteiger partial charge is 0.490 e. The number of carbonyl (C=O) groups excluding carboxylic acids is 2. The van der Waals surface area contributed by atoms with E-state index in [0.29, 0.717) is 6.42 Å². The van der Waals surface area contributed by atoms with E-state index < -0.39 is 17.8 Å². The highest BCUT2D eigenvalue weighted by atomic mass is 19.1. The zero-order valence-corrected chi connectivity index (χ0v) is 9.61. The average molecular weight is 252 g/mol. The second kappa shape index (κ2) is 5.14. The lowest BCUT2D eigenvalue weighted by Crippen LogP contribution is -2.43. The molecule has 0 saturated carbocycles. The number of nitrogens with two attached hydrogens (primary N) is 1. The number of benzene rings is 1. The molecule has 6 heteroatoms. The summed E-state index contributed by atoms with van der Waals surface area (Å²) in [5.41, 5.74) is 5.33. The molecule has 18 heavy (non-hydrogen) atoms.